The zero-order chi connectivity index (χ0) is 11.7. The molecule has 0 aromatic carbocycles. The second kappa shape index (κ2) is 8.68. The molecule has 4 nitrogen and oxygen atoms in total. The van der Waals surface area contributed by atoms with Crippen LogP contribution in [-0.2, 0) is 4.79 Å². The topological polar surface area (TPSA) is 60.8 Å². The molecule has 90 valence electrons. The molecule has 0 aromatic heterocycles. The van der Waals surface area contributed by atoms with Gasteiger partial charge < -0.3 is 15.1 Å². The Balaban J connectivity index is 3.93. The van der Waals surface area contributed by atoms with Crippen LogP contribution in [0, 0.1) is 0 Å². The number of carbonyl (C=O) groups excluding carboxylic acids is 1. The summed E-state index contributed by atoms with van der Waals surface area (Å²) in [6, 6.07) is 0.179. The van der Waals surface area contributed by atoms with E-state index in [0.29, 0.717) is 25.8 Å². The Morgan fingerprint density at radius 3 is 2.20 bits per heavy atom. The first-order chi connectivity index (χ1) is 7.13. The molecule has 0 rings (SSSR count). The summed E-state index contributed by atoms with van der Waals surface area (Å²) in [7, 11) is 0. The van der Waals surface area contributed by atoms with Gasteiger partial charge in [0.15, 0.2) is 0 Å². The Kier molecular flexibility index (Phi) is 8.33. The molecular weight excluding hydrogens is 194 g/mol. The smallest absolute Gasteiger partial charge is 0.222 e. The van der Waals surface area contributed by atoms with Gasteiger partial charge in [0.05, 0.1) is 0 Å². The first-order valence-corrected chi connectivity index (χ1v) is 5.64. The van der Waals surface area contributed by atoms with Crippen LogP contribution in [0.1, 0.15) is 39.5 Å². The number of aliphatic hydroxyl groups excluding tert-OH is 2. The maximum Gasteiger partial charge on any atom is 0.222 e. The van der Waals surface area contributed by atoms with E-state index in [0.717, 1.165) is 6.42 Å². The van der Waals surface area contributed by atoms with Gasteiger partial charge in [-0.15, -0.1) is 0 Å². The van der Waals surface area contributed by atoms with Crippen molar-refractivity contribution in [3.05, 3.63) is 0 Å². The highest BCUT2D eigenvalue weighted by atomic mass is 16.3. The predicted octanol–water partition coefficient (Wildman–Crippen LogP) is 0.768. The first-order valence-electron chi connectivity index (χ1n) is 5.64. The average Bonchev–Trinajstić information content (AvgIpc) is 2.18. The van der Waals surface area contributed by atoms with Crippen molar-refractivity contribution < 1.29 is 15.0 Å². The van der Waals surface area contributed by atoms with Gasteiger partial charge in [-0.3, -0.25) is 4.79 Å². The van der Waals surface area contributed by atoms with E-state index in [1.807, 2.05) is 13.8 Å². The fourth-order valence-electron chi connectivity index (χ4n) is 1.44. The monoisotopic (exact) mass is 217 g/mol. The number of carbonyl (C=O) groups is 1. The van der Waals surface area contributed by atoms with E-state index in [4.69, 9.17) is 10.2 Å². The van der Waals surface area contributed by atoms with Crippen molar-refractivity contribution in [1.29, 1.82) is 0 Å². The number of unbranched alkanes of at least 4 members (excludes halogenated alkanes) is 1. The first kappa shape index (κ1) is 14.4. The van der Waals surface area contributed by atoms with Crippen molar-refractivity contribution >= 4 is 5.91 Å². The quantitative estimate of drug-likeness (QED) is 0.590. The molecule has 0 bridgehead atoms. The number of amides is 1. The third-order valence-electron chi connectivity index (χ3n) is 2.30. The summed E-state index contributed by atoms with van der Waals surface area (Å²) < 4.78 is 0. The van der Waals surface area contributed by atoms with E-state index in [9.17, 15) is 4.79 Å². The van der Waals surface area contributed by atoms with Crippen LogP contribution < -0.4 is 0 Å². The Morgan fingerprint density at radius 2 is 1.73 bits per heavy atom. The van der Waals surface area contributed by atoms with Gasteiger partial charge in [-0.25, -0.2) is 0 Å². The summed E-state index contributed by atoms with van der Waals surface area (Å²) in [5.74, 6) is 0.118. The lowest BCUT2D eigenvalue weighted by Gasteiger charge is -2.26. The second-order valence-electron chi connectivity index (χ2n) is 3.94. The zero-order valence-electron chi connectivity index (χ0n) is 9.78. The standard InChI is InChI=1S/C11H23NO3/c1-10(2)12(7-5-9-14)11(15)6-3-4-8-13/h10,13-14H,3-9H2,1-2H3. The van der Waals surface area contributed by atoms with Gasteiger partial charge in [0, 0.05) is 32.2 Å². The molecule has 0 aliphatic rings. The van der Waals surface area contributed by atoms with Gasteiger partial charge in [-0.1, -0.05) is 0 Å². The van der Waals surface area contributed by atoms with Gasteiger partial charge in [0.1, 0.15) is 0 Å². The van der Waals surface area contributed by atoms with E-state index < -0.39 is 0 Å². The van der Waals surface area contributed by atoms with Gasteiger partial charge in [0.25, 0.3) is 0 Å². The number of aliphatic hydroxyl groups is 2. The fraction of sp³-hybridized carbons (Fsp3) is 0.909. The Morgan fingerprint density at radius 1 is 1.13 bits per heavy atom. The summed E-state index contributed by atoms with van der Waals surface area (Å²) in [6.07, 6.45) is 2.53. The summed E-state index contributed by atoms with van der Waals surface area (Å²) in [5.41, 5.74) is 0. The van der Waals surface area contributed by atoms with E-state index in [1.54, 1.807) is 4.90 Å². The Hall–Kier alpha value is -0.610. The zero-order valence-corrected chi connectivity index (χ0v) is 9.78. The predicted molar refractivity (Wildman–Crippen MR) is 59.5 cm³/mol. The van der Waals surface area contributed by atoms with Crippen LogP contribution in [0.2, 0.25) is 0 Å². The van der Waals surface area contributed by atoms with E-state index in [-0.39, 0.29) is 25.2 Å². The molecule has 4 heteroatoms. The van der Waals surface area contributed by atoms with Crippen LogP contribution in [0.3, 0.4) is 0 Å². The number of hydrogen-bond donors (Lipinski definition) is 2. The molecule has 0 spiro atoms. The molecule has 0 aliphatic heterocycles. The summed E-state index contributed by atoms with van der Waals surface area (Å²) in [6.45, 7) is 4.83. The van der Waals surface area contributed by atoms with Crippen LogP contribution in [0.25, 0.3) is 0 Å². The molecule has 0 aliphatic carbocycles. The highest BCUT2D eigenvalue weighted by molar-refractivity contribution is 5.76. The lowest BCUT2D eigenvalue weighted by molar-refractivity contribution is -0.133. The van der Waals surface area contributed by atoms with Crippen LogP contribution in [0.4, 0.5) is 0 Å². The van der Waals surface area contributed by atoms with E-state index >= 15 is 0 Å². The molecule has 0 saturated heterocycles. The normalized spacial score (nSPS) is 10.7. The van der Waals surface area contributed by atoms with Crippen molar-refractivity contribution in [1.82, 2.24) is 4.90 Å². The van der Waals surface area contributed by atoms with Gasteiger partial charge >= 0.3 is 0 Å². The molecule has 0 fully saturated rings. The fourth-order valence-corrected chi connectivity index (χ4v) is 1.44. The Bertz CT molecular complexity index is 171. The lowest BCUT2D eigenvalue weighted by Crippen LogP contribution is -2.37. The van der Waals surface area contributed by atoms with Crippen LogP contribution in [0.15, 0.2) is 0 Å². The molecular formula is C11H23NO3. The third-order valence-corrected chi connectivity index (χ3v) is 2.30. The van der Waals surface area contributed by atoms with Crippen LogP contribution in [-0.4, -0.2) is 46.8 Å². The van der Waals surface area contributed by atoms with Crippen LogP contribution >= 0.6 is 0 Å². The SMILES string of the molecule is CC(C)N(CCCO)C(=O)CCCCO. The molecule has 0 unspecified atom stereocenters. The van der Waals surface area contributed by atoms with Gasteiger partial charge in [0.2, 0.25) is 5.91 Å². The van der Waals surface area contributed by atoms with Crippen LogP contribution in [0.5, 0.6) is 0 Å². The maximum absolute atomic E-state index is 11.7. The molecule has 15 heavy (non-hydrogen) atoms. The van der Waals surface area contributed by atoms with Crippen molar-refractivity contribution in [3.8, 4) is 0 Å². The summed E-state index contributed by atoms with van der Waals surface area (Å²) in [5, 5.41) is 17.3. The number of rotatable bonds is 8. The summed E-state index contributed by atoms with van der Waals surface area (Å²) >= 11 is 0. The number of hydrogen-bond acceptors (Lipinski definition) is 3. The molecule has 1 amide bonds. The number of nitrogens with zero attached hydrogens (tertiary/aromatic N) is 1. The van der Waals surface area contributed by atoms with Gasteiger partial charge in [-0.2, -0.15) is 0 Å². The van der Waals surface area contributed by atoms with E-state index in [2.05, 4.69) is 0 Å². The maximum atomic E-state index is 11.7. The minimum atomic E-state index is 0.118. The highest BCUT2D eigenvalue weighted by Gasteiger charge is 2.15. The Labute approximate surface area is 91.9 Å². The van der Waals surface area contributed by atoms with Gasteiger partial charge in [-0.05, 0) is 33.1 Å². The van der Waals surface area contributed by atoms with E-state index in [1.165, 1.54) is 0 Å². The molecule has 0 radical (unpaired) electrons. The van der Waals surface area contributed by atoms with Crippen molar-refractivity contribution in [2.75, 3.05) is 19.8 Å². The van der Waals surface area contributed by atoms with Crippen molar-refractivity contribution in [3.63, 3.8) is 0 Å². The molecule has 0 saturated carbocycles. The second-order valence-corrected chi connectivity index (χ2v) is 3.94. The van der Waals surface area contributed by atoms with Crippen molar-refractivity contribution in [2.45, 2.75) is 45.6 Å². The average molecular weight is 217 g/mol. The minimum absolute atomic E-state index is 0.118. The van der Waals surface area contributed by atoms with Crippen molar-refractivity contribution in [2.24, 2.45) is 0 Å². The molecule has 2 N–H and O–H groups in total. The molecule has 0 heterocycles. The summed E-state index contributed by atoms with van der Waals surface area (Å²) in [4.78, 5) is 13.5. The molecule has 0 atom stereocenters. The largest absolute Gasteiger partial charge is 0.396 e. The third kappa shape index (κ3) is 6.47. The molecule has 0 aromatic rings. The highest BCUT2D eigenvalue weighted by Crippen LogP contribution is 2.06. The minimum Gasteiger partial charge on any atom is -0.396 e. The lowest BCUT2D eigenvalue weighted by atomic mass is 10.2.